The first-order chi connectivity index (χ1) is 14.5. The van der Waals surface area contributed by atoms with Crippen LogP contribution in [0.2, 0.25) is 0 Å². The molecule has 8 heteroatoms. The Morgan fingerprint density at radius 2 is 1.90 bits per heavy atom. The maximum absolute atomic E-state index is 13.4. The van der Waals surface area contributed by atoms with Crippen molar-refractivity contribution in [3.8, 4) is 11.5 Å². The number of likely N-dealkylation sites (N-methyl/N-ethyl adjacent to an activating group) is 1. The van der Waals surface area contributed by atoms with Crippen LogP contribution in [0.25, 0.3) is 0 Å². The first kappa shape index (κ1) is 19.9. The standard InChI is InChI=1S/C22H21N3O4S/c1-25-19(13-8-9-16(28-2)17(12-13)29-3)18(20(26)24-22-23-10-11-30-22)14-6-4-5-7-15(14)21(25)27/h4-12,18-19H,1-3H3,(H,23,24,26)/t18-,19-/m0/s1. The highest BCUT2D eigenvalue weighted by Gasteiger charge is 2.43. The fourth-order valence-electron chi connectivity index (χ4n) is 3.88. The molecule has 1 aliphatic heterocycles. The molecule has 2 atom stereocenters. The minimum absolute atomic E-state index is 0.135. The molecule has 0 unspecified atom stereocenters. The van der Waals surface area contributed by atoms with E-state index in [1.165, 1.54) is 11.3 Å². The normalized spacial score (nSPS) is 18.0. The quantitative estimate of drug-likeness (QED) is 0.677. The fourth-order valence-corrected chi connectivity index (χ4v) is 4.41. The Balaban J connectivity index is 1.84. The number of aromatic nitrogens is 1. The number of ether oxygens (including phenoxy) is 2. The SMILES string of the molecule is COc1ccc([C@H]2[C@@H](C(=O)Nc3nccs3)c3ccccc3C(=O)N2C)cc1OC. The molecule has 3 aromatic rings. The number of hydrogen-bond acceptors (Lipinski definition) is 6. The van der Waals surface area contributed by atoms with Crippen LogP contribution in [0.5, 0.6) is 11.5 Å². The maximum Gasteiger partial charge on any atom is 0.254 e. The highest BCUT2D eigenvalue weighted by Crippen LogP contribution is 2.44. The minimum Gasteiger partial charge on any atom is -0.493 e. The number of thiazole rings is 1. The van der Waals surface area contributed by atoms with Crippen molar-refractivity contribution in [2.75, 3.05) is 26.6 Å². The van der Waals surface area contributed by atoms with Gasteiger partial charge in [-0.25, -0.2) is 4.98 Å². The van der Waals surface area contributed by atoms with Crippen LogP contribution in [-0.2, 0) is 4.79 Å². The Kier molecular flexibility index (Phi) is 5.41. The first-order valence-corrected chi connectivity index (χ1v) is 10.2. The number of carbonyl (C=O) groups excluding carboxylic acids is 2. The molecule has 0 spiro atoms. The van der Waals surface area contributed by atoms with E-state index in [2.05, 4.69) is 10.3 Å². The molecule has 0 saturated heterocycles. The molecule has 154 valence electrons. The number of rotatable bonds is 5. The van der Waals surface area contributed by atoms with Gasteiger partial charge in [-0.1, -0.05) is 24.3 Å². The molecule has 1 N–H and O–H groups in total. The fraction of sp³-hybridized carbons (Fsp3) is 0.227. The van der Waals surface area contributed by atoms with Gasteiger partial charge in [-0.05, 0) is 29.3 Å². The molecule has 0 aliphatic carbocycles. The Bertz CT molecular complexity index is 1080. The Morgan fingerprint density at radius 3 is 2.60 bits per heavy atom. The molecular formula is C22H21N3O4S. The molecule has 7 nitrogen and oxygen atoms in total. The maximum atomic E-state index is 13.4. The van der Waals surface area contributed by atoms with Crippen molar-refractivity contribution in [3.63, 3.8) is 0 Å². The van der Waals surface area contributed by atoms with Gasteiger partial charge in [0.15, 0.2) is 16.6 Å². The van der Waals surface area contributed by atoms with E-state index in [1.807, 2.05) is 24.3 Å². The number of methoxy groups -OCH3 is 2. The van der Waals surface area contributed by atoms with Crippen LogP contribution in [0.1, 0.15) is 33.4 Å². The molecule has 30 heavy (non-hydrogen) atoms. The Hall–Kier alpha value is -3.39. The predicted octanol–water partition coefficient (Wildman–Crippen LogP) is 3.71. The van der Waals surface area contributed by atoms with Gasteiger partial charge in [0.2, 0.25) is 5.91 Å². The van der Waals surface area contributed by atoms with Gasteiger partial charge in [0, 0.05) is 24.2 Å². The van der Waals surface area contributed by atoms with E-state index >= 15 is 0 Å². The lowest BCUT2D eigenvalue weighted by Crippen LogP contribution is -2.44. The molecule has 0 saturated carbocycles. The van der Waals surface area contributed by atoms with Gasteiger partial charge in [0.25, 0.3) is 5.91 Å². The number of benzene rings is 2. The number of hydrogen-bond donors (Lipinski definition) is 1. The van der Waals surface area contributed by atoms with E-state index < -0.39 is 12.0 Å². The third-order valence-electron chi connectivity index (χ3n) is 5.27. The van der Waals surface area contributed by atoms with Crippen LogP contribution in [0.3, 0.4) is 0 Å². The molecule has 2 amide bonds. The summed E-state index contributed by atoms with van der Waals surface area (Å²) in [7, 11) is 4.83. The third-order valence-corrected chi connectivity index (χ3v) is 5.96. The molecular weight excluding hydrogens is 402 g/mol. The van der Waals surface area contributed by atoms with Crippen molar-refractivity contribution in [1.29, 1.82) is 0 Å². The lowest BCUT2D eigenvalue weighted by Gasteiger charge is -2.39. The highest BCUT2D eigenvalue weighted by molar-refractivity contribution is 7.13. The van der Waals surface area contributed by atoms with Crippen LogP contribution in [-0.4, -0.2) is 43.0 Å². The third kappa shape index (κ3) is 3.39. The second kappa shape index (κ2) is 8.16. The van der Waals surface area contributed by atoms with Crippen molar-refractivity contribution in [2.45, 2.75) is 12.0 Å². The number of nitrogens with one attached hydrogen (secondary N) is 1. The number of carbonyl (C=O) groups is 2. The average molecular weight is 423 g/mol. The van der Waals surface area contributed by atoms with Gasteiger partial charge < -0.3 is 19.7 Å². The molecule has 2 heterocycles. The van der Waals surface area contributed by atoms with E-state index in [1.54, 1.807) is 55.9 Å². The zero-order valence-corrected chi connectivity index (χ0v) is 17.6. The van der Waals surface area contributed by atoms with E-state index in [0.717, 1.165) is 5.56 Å². The second-order valence-corrected chi connectivity index (χ2v) is 7.76. The van der Waals surface area contributed by atoms with Gasteiger partial charge in [0.1, 0.15) is 0 Å². The molecule has 4 rings (SSSR count). The molecule has 0 bridgehead atoms. The topological polar surface area (TPSA) is 80.8 Å². The summed E-state index contributed by atoms with van der Waals surface area (Å²) in [5.41, 5.74) is 1.99. The Labute approximate surface area is 178 Å². The summed E-state index contributed by atoms with van der Waals surface area (Å²) in [6.07, 6.45) is 1.64. The first-order valence-electron chi connectivity index (χ1n) is 9.33. The van der Waals surface area contributed by atoms with Crippen LogP contribution in [0.15, 0.2) is 54.0 Å². The largest absolute Gasteiger partial charge is 0.493 e. The van der Waals surface area contributed by atoms with Gasteiger partial charge >= 0.3 is 0 Å². The lowest BCUT2D eigenvalue weighted by atomic mass is 9.79. The molecule has 0 fully saturated rings. The second-order valence-electron chi connectivity index (χ2n) is 6.87. The van der Waals surface area contributed by atoms with E-state index in [9.17, 15) is 9.59 Å². The van der Waals surface area contributed by atoms with Gasteiger partial charge in [-0.15, -0.1) is 11.3 Å². The van der Waals surface area contributed by atoms with Crippen molar-refractivity contribution in [2.24, 2.45) is 0 Å². The van der Waals surface area contributed by atoms with Gasteiger partial charge in [0.05, 0.1) is 26.2 Å². The molecule has 1 aliphatic rings. The van der Waals surface area contributed by atoms with Crippen molar-refractivity contribution in [3.05, 3.63) is 70.7 Å². The van der Waals surface area contributed by atoms with Crippen LogP contribution in [0.4, 0.5) is 5.13 Å². The zero-order chi connectivity index (χ0) is 21.3. The summed E-state index contributed by atoms with van der Waals surface area (Å²) in [6.45, 7) is 0. The minimum atomic E-state index is -0.620. The van der Waals surface area contributed by atoms with Crippen LogP contribution < -0.4 is 14.8 Å². The summed E-state index contributed by atoms with van der Waals surface area (Å²) >= 11 is 1.35. The summed E-state index contributed by atoms with van der Waals surface area (Å²) in [6, 6.07) is 12.2. The number of anilines is 1. The van der Waals surface area contributed by atoms with E-state index in [-0.39, 0.29) is 11.8 Å². The van der Waals surface area contributed by atoms with Crippen molar-refractivity contribution >= 4 is 28.3 Å². The highest BCUT2D eigenvalue weighted by atomic mass is 32.1. The van der Waals surface area contributed by atoms with E-state index in [4.69, 9.17) is 9.47 Å². The summed E-state index contributed by atoms with van der Waals surface area (Å²) in [5.74, 6) is 0.134. The number of fused-ring (bicyclic) bond motifs is 1. The number of nitrogens with zero attached hydrogens (tertiary/aromatic N) is 2. The van der Waals surface area contributed by atoms with E-state index in [0.29, 0.717) is 27.8 Å². The average Bonchev–Trinajstić information content (AvgIpc) is 3.28. The molecule has 2 aromatic carbocycles. The smallest absolute Gasteiger partial charge is 0.254 e. The monoisotopic (exact) mass is 423 g/mol. The Morgan fingerprint density at radius 1 is 1.13 bits per heavy atom. The van der Waals surface area contributed by atoms with Gasteiger partial charge in [-0.3, -0.25) is 9.59 Å². The van der Waals surface area contributed by atoms with Crippen molar-refractivity contribution in [1.82, 2.24) is 9.88 Å². The van der Waals surface area contributed by atoms with Crippen molar-refractivity contribution < 1.29 is 19.1 Å². The zero-order valence-electron chi connectivity index (χ0n) is 16.8. The summed E-state index contributed by atoms with van der Waals surface area (Å²) in [4.78, 5) is 32.3. The van der Waals surface area contributed by atoms with Crippen LogP contribution in [0, 0.1) is 0 Å². The summed E-state index contributed by atoms with van der Waals surface area (Å²) < 4.78 is 10.8. The van der Waals surface area contributed by atoms with Crippen LogP contribution >= 0.6 is 11.3 Å². The molecule has 0 radical (unpaired) electrons. The molecule has 1 aromatic heterocycles. The lowest BCUT2D eigenvalue weighted by molar-refractivity contribution is -0.119. The number of amides is 2. The predicted molar refractivity (Wildman–Crippen MR) is 114 cm³/mol. The van der Waals surface area contributed by atoms with Gasteiger partial charge in [-0.2, -0.15) is 0 Å². The summed E-state index contributed by atoms with van der Waals surface area (Å²) in [5, 5.41) is 5.21.